The average Bonchev–Trinajstić information content (AvgIpc) is 3.49. The molecule has 4 nitrogen and oxygen atoms in total. The number of benzene rings is 2. The van der Waals surface area contributed by atoms with E-state index in [0.717, 1.165) is 12.0 Å². The highest BCUT2D eigenvalue weighted by Gasteiger charge is 2.45. The van der Waals surface area contributed by atoms with Crippen LogP contribution in [0.4, 0.5) is 0 Å². The first-order chi connectivity index (χ1) is 15.1. The molecule has 1 aromatic heterocycles. The summed E-state index contributed by atoms with van der Waals surface area (Å²) in [5.41, 5.74) is 4.12. The van der Waals surface area contributed by atoms with Crippen LogP contribution in [0.15, 0.2) is 71.4 Å². The van der Waals surface area contributed by atoms with Crippen molar-refractivity contribution in [3.05, 3.63) is 82.6 Å². The van der Waals surface area contributed by atoms with Gasteiger partial charge in [-0.2, -0.15) is 11.3 Å². The Labute approximate surface area is 187 Å². The topological polar surface area (TPSA) is 49.4 Å². The van der Waals surface area contributed by atoms with E-state index >= 15 is 0 Å². The second kappa shape index (κ2) is 9.48. The van der Waals surface area contributed by atoms with Gasteiger partial charge in [-0.15, -0.1) is 0 Å². The fourth-order valence-electron chi connectivity index (χ4n) is 4.45. The molecule has 1 aliphatic rings. The Morgan fingerprint density at radius 3 is 2.45 bits per heavy atom. The number of hydrogen-bond donors (Lipinski definition) is 1. The molecule has 0 aliphatic carbocycles. The zero-order chi connectivity index (χ0) is 21.7. The number of nitrogens with one attached hydrogen (secondary N) is 1. The third kappa shape index (κ3) is 4.88. The highest BCUT2D eigenvalue weighted by Crippen LogP contribution is 2.35. The summed E-state index contributed by atoms with van der Waals surface area (Å²) in [7, 11) is 1.68. The molecule has 1 unspecified atom stereocenters. The van der Waals surface area contributed by atoms with Crippen molar-refractivity contribution >= 4 is 23.2 Å². The molecule has 0 spiro atoms. The number of hydrogen-bond acceptors (Lipinski definition) is 3. The van der Waals surface area contributed by atoms with E-state index in [1.54, 1.807) is 18.4 Å². The molecule has 1 atom stereocenters. The maximum absolute atomic E-state index is 12.9. The molecule has 0 bridgehead atoms. The number of nitrogens with zero attached hydrogens (tertiary/aromatic N) is 1. The van der Waals surface area contributed by atoms with Gasteiger partial charge in [0.1, 0.15) is 0 Å². The molecule has 4 rings (SSSR count). The molecule has 2 heterocycles. The normalized spacial score (nSPS) is 18.2. The highest BCUT2D eigenvalue weighted by atomic mass is 32.1. The fraction of sp³-hybridized carbons (Fsp3) is 0.308. The van der Waals surface area contributed by atoms with Crippen LogP contribution in [0.2, 0.25) is 0 Å². The van der Waals surface area contributed by atoms with E-state index in [2.05, 4.69) is 46.4 Å². The molecular weight excluding hydrogens is 404 g/mol. The van der Waals surface area contributed by atoms with E-state index in [1.165, 1.54) is 16.7 Å². The summed E-state index contributed by atoms with van der Waals surface area (Å²) < 4.78 is 0. The minimum absolute atomic E-state index is 0.0211. The average molecular weight is 433 g/mol. The van der Waals surface area contributed by atoms with Gasteiger partial charge in [0.05, 0.1) is 5.41 Å². The van der Waals surface area contributed by atoms with Gasteiger partial charge in [0.25, 0.3) is 0 Å². The molecule has 31 heavy (non-hydrogen) atoms. The summed E-state index contributed by atoms with van der Waals surface area (Å²) in [4.78, 5) is 27.6. The van der Waals surface area contributed by atoms with Crippen molar-refractivity contribution in [2.24, 2.45) is 5.41 Å². The zero-order valence-corrected chi connectivity index (χ0v) is 18.7. The van der Waals surface area contributed by atoms with Gasteiger partial charge in [-0.1, -0.05) is 54.6 Å². The minimum Gasteiger partial charge on any atom is -0.359 e. The highest BCUT2D eigenvalue weighted by molar-refractivity contribution is 7.08. The standard InChI is InChI=1S/C26H28N2O2S/c1-27-25(30)26(17-21-7-10-22(11-8-21)23-13-16-31-18-23)14-15-28(19-26)24(29)12-9-20-5-3-2-4-6-20/h2-8,10-11,13,16,18H,9,12,14-15,17,19H2,1H3,(H,27,30). The van der Waals surface area contributed by atoms with Crippen LogP contribution in [-0.2, 0) is 22.4 Å². The van der Waals surface area contributed by atoms with Crippen molar-refractivity contribution in [1.82, 2.24) is 10.2 Å². The van der Waals surface area contributed by atoms with E-state index in [9.17, 15) is 9.59 Å². The Bertz CT molecular complexity index is 1020. The first-order valence-electron chi connectivity index (χ1n) is 10.7. The van der Waals surface area contributed by atoms with Crippen LogP contribution in [0.3, 0.4) is 0 Å². The maximum atomic E-state index is 12.9. The summed E-state index contributed by atoms with van der Waals surface area (Å²) >= 11 is 1.69. The van der Waals surface area contributed by atoms with Gasteiger partial charge in [0.15, 0.2) is 0 Å². The third-order valence-electron chi connectivity index (χ3n) is 6.24. The van der Waals surface area contributed by atoms with Gasteiger partial charge in [-0.25, -0.2) is 0 Å². The lowest BCUT2D eigenvalue weighted by atomic mass is 9.79. The number of aryl methyl sites for hydroxylation is 1. The van der Waals surface area contributed by atoms with Crippen LogP contribution in [0.25, 0.3) is 11.1 Å². The Morgan fingerprint density at radius 1 is 1.00 bits per heavy atom. The molecule has 1 aliphatic heterocycles. The summed E-state index contributed by atoms with van der Waals surface area (Å²) in [5.74, 6) is 0.148. The van der Waals surface area contributed by atoms with E-state index in [1.807, 2.05) is 35.2 Å². The molecule has 160 valence electrons. The predicted molar refractivity (Wildman–Crippen MR) is 126 cm³/mol. The molecule has 0 radical (unpaired) electrons. The van der Waals surface area contributed by atoms with Crippen LogP contribution in [-0.4, -0.2) is 36.9 Å². The number of likely N-dealkylation sites (tertiary alicyclic amines) is 1. The van der Waals surface area contributed by atoms with E-state index < -0.39 is 5.41 Å². The zero-order valence-electron chi connectivity index (χ0n) is 17.8. The predicted octanol–water partition coefficient (Wildman–Crippen LogP) is 4.56. The first-order valence-corrected chi connectivity index (χ1v) is 11.7. The lowest BCUT2D eigenvalue weighted by Crippen LogP contribution is -2.44. The monoisotopic (exact) mass is 432 g/mol. The number of carbonyl (C=O) groups excluding carboxylic acids is 2. The van der Waals surface area contributed by atoms with Gasteiger partial charge >= 0.3 is 0 Å². The number of amides is 2. The summed E-state index contributed by atoms with van der Waals surface area (Å²) in [6.45, 7) is 1.11. The van der Waals surface area contributed by atoms with Crippen molar-refractivity contribution in [3.63, 3.8) is 0 Å². The summed E-state index contributed by atoms with van der Waals surface area (Å²) in [6.07, 6.45) is 2.53. The van der Waals surface area contributed by atoms with Gasteiger partial charge in [-0.3, -0.25) is 9.59 Å². The Morgan fingerprint density at radius 2 is 1.77 bits per heavy atom. The minimum atomic E-state index is -0.568. The molecule has 3 aromatic rings. The molecule has 0 saturated carbocycles. The quantitative estimate of drug-likeness (QED) is 0.595. The Balaban J connectivity index is 1.43. The smallest absolute Gasteiger partial charge is 0.228 e. The second-order valence-electron chi connectivity index (χ2n) is 8.30. The second-order valence-corrected chi connectivity index (χ2v) is 9.08. The molecule has 5 heteroatoms. The molecule has 1 saturated heterocycles. The van der Waals surface area contributed by atoms with Crippen LogP contribution < -0.4 is 5.32 Å². The molecular formula is C26H28N2O2S. The van der Waals surface area contributed by atoms with Crippen LogP contribution in [0, 0.1) is 5.41 Å². The van der Waals surface area contributed by atoms with E-state index in [0.29, 0.717) is 32.4 Å². The van der Waals surface area contributed by atoms with Crippen LogP contribution in [0.1, 0.15) is 24.0 Å². The number of rotatable bonds is 7. The van der Waals surface area contributed by atoms with Crippen LogP contribution in [0.5, 0.6) is 0 Å². The van der Waals surface area contributed by atoms with Crippen molar-refractivity contribution in [1.29, 1.82) is 0 Å². The van der Waals surface area contributed by atoms with Gasteiger partial charge in [0.2, 0.25) is 11.8 Å². The number of thiophene rings is 1. The summed E-state index contributed by atoms with van der Waals surface area (Å²) in [6, 6.07) is 20.6. The molecule has 2 aromatic carbocycles. The Hall–Kier alpha value is -2.92. The largest absolute Gasteiger partial charge is 0.359 e. The van der Waals surface area contributed by atoms with E-state index in [-0.39, 0.29) is 11.8 Å². The van der Waals surface area contributed by atoms with Gasteiger partial charge in [0, 0.05) is 26.6 Å². The van der Waals surface area contributed by atoms with Gasteiger partial charge in [-0.05, 0) is 58.3 Å². The van der Waals surface area contributed by atoms with Crippen molar-refractivity contribution in [2.75, 3.05) is 20.1 Å². The molecule has 1 fully saturated rings. The van der Waals surface area contributed by atoms with E-state index in [4.69, 9.17) is 0 Å². The van der Waals surface area contributed by atoms with Gasteiger partial charge < -0.3 is 10.2 Å². The lowest BCUT2D eigenvalue weighted by Gasteiger charge is -2.28. The van der Waals surface area contributed by atoms with Crippen molar-refractivity contribution < 1.29 is 9.59 Å². The number of carbonyl (C=O) groups is 2. The lowest BCUT2D eigenvalue weighted by molar-refractivity contribution is -0.133. The Kier molecular flexibility index (Phi) is 6.52. The van der Waals surface area contributed by atoms with Crippen molar-refractivity contribution in [3.8, 4) is 11.1 Å². The fourth-order valence-corrected chi connectivity index (χ4v) is 5.11. The maximum Gasteiger partial charge on any atom is 0.228 e. The van der Waals surface area contributed by atoms with Crippen molar-refractivity contribution in [2.45, 2.75) is 25.7 Å². The first kappa shape index (κ1) is 21.3. The third-order valence-corrected chi connectivity index (χ3v) is 6.92. The SMILES string of the molecule is CNC(=O)C1(Cc2ccc(-c3ccsc3)cc2)CCN(C(=O)CCc2ccccc2)C1. The molecule has 2 amide bonds. The molecule has 1 N–H and O–H groups in total. The summed E-state index contributed by atoms with van der Waals surface area (Å²) in [5, 5.41) is 7.05. The van der Waals surface area contributed by atoms with Crippen LogP contribution >= 0.6 is 11.3 Å².